The van der Waals surface area contributed by atoms with Gasteiger partial charge in [0, 0.05) is 6.42 Å². The van der Waals surface area contributed by atoms with Gasteiger partial charge in [0.05, 0.1) is 11.6 Å². The van der Waals surface area contributed by atoms with Gasteiger partial charge >= 0.3 is 0 Å². The predicted octanol–water partition coefficient (Wildman–Crippen LogP) is 1.88. The molecular weight excluding hydrogens is 186 g/mol. The van der Waals surface area contributed by atoms with Gasteiger partial charge in [-0.2, -0.15) is 5.26 Å². The monoisotopic (exact) mass is 199 g/mol. The van der Waals surface area contributed by atoms with E-state index in [2.05, 4.69) is 17.9 Å². The Labute approximate surface area is 90.2 Å². The van der Waals surface area contributed by atoms with Gasteiger partial charge in [-0.25, -0.2) is 0 Å². The molecule has 2 nitrogen and oxygen atoms in total. The number of nitrogens with zero attached hydrogens (tertiary/aromatic N) is 1. The van der Waals surface area contributed by atoms with Crippen LogP contribution in [0, 0.1) is 23.2 Å². The van der Waals surface area contributed by atoms with Crippen molar-refractivity contribution in [1.29, 1.82) is 5.26 Å². The fourth-order valence-electron chi connectivity index (χ4n) is 1.06. The van der Waals surface area contributed by atoms with Gasteiger partial charge in [0.2, 0.25) is 0 Å². The second-order valence-corrected chi connectivity index (χ2v) is 3.85. The van der Waals surface area contributed by atoms with E-state index in [-0.39, 0.29) is 0 Å². The van der Waals surface area contributed by atoms with Crippen molar-refractivity contribution in [3.63, 3.8) is 0 Å². The molecule has 0 aromatic heterocycles. The van der Waals surface area contributed by atoms with Crippen LogP contribution in [0.1, 0.15) is 25.0 Å². The SMILES string of the molecule is CC(C)(O)C#CCc1ccc(C#N)cc1. The van der Waals surface area contributed by atoms with E-state index < -0.39 is 5.60 Å². The normalized spacial score (nSPS) is 10.0. The molecule has 0 aliphatic carbocycles. The second-order valence-electron chi connectivity index (χ2n) is 3.85. The number of hydrogen-bond donors (Lipinski definition) is 1. The summed E-state index contributed by atoms with van der Waals surface area (Å²) in [6.07, 6.45) is 0.593. The standard InChI is InChI=1S/C13H13NO/c1-13(2,15)9-3-4-11-5-7-12(10-14)8-6-11/h5-8,15H,4H2,1-2H3. The molecule has 0 fully saturated rings. The molecule has 0 saturated carbocycles. The quantitative estimate of drug-likeness (QED) is 0.702. The van der Waals surface area contributed by atoms with Crippen molar-refractivity contribution >= 4 is 0 Å². The molecule has 0 radical (unpaired) electrons. The lowest BCUT2D eigenvalue weighted by atomic mass is 10.1. The van der Waals surface area contributed by atoms with E-state index in [1.807, 2.05) is 12.1 Å². The Kier molecular flexibility index (Phi) is 3.50. The first-order valence-electron chi connectivity index (χ1n) is 4.73. The Bertz CT molecular complexity index is 421. The molecule has 2 heteroatoms. The number of aliphatic hydroxyl groups is 1. The van der Waals surface area contributed by atoms with Gasteiger partial charge in [0.1, 0.15) is 5.60 Å². The van der Waals surface area contributed by atoms with Gasteiger partial charge < -0.3 is 5.11 Å². The van der Waals surface area contributed by atoms with Crippen molar-refractivity contribution in [3.8, 4) is 17.9 Å². The van der Waals surface area contributed by atoms with Crippen LogP contribution in [-0.2, 0) is 6.42 Å². The van der Waals surface area contributed by atoms with Gasteiger partial charge in [-0.15, -0.1) is 0 Å². The van der Waals surface area contributed by atoms with E-state index in [1.165, 1.54) is 0 Å². The fraction of sp³-hybridized carbons (Fsp3) is 0.308. The summed E-state index contributed by atoms with van der Waals surface area (Å²) < 4.78 is 0. The lowest BCUT2D eigenvalue weighted by Crippen LogP contribution is -2.14. The Morgan fingerprint density at radius 1 is 1.27 bits per heavy atom. The topological polar surface area (TPSA) is 44.0 Å². The van der Waals surface area contributed by atoms with Gasteiger partial charge in [0.15, 0.2) is 0 Å². The van der Waals surface area contributed by atoms with E-state index in [0.29, 0.717) is 12.0 Å². The Hall–Kier alpha value is -1.77. The van der Waals surface area contributed by atoms with Gasteiger partial charge in [0.25, 0.3) is 0 Å². The number of nitriles is 1. The van der Waals surface area contributed by atoms with Gasteiger partial charge in [-0.3, -0.25) is 0 Å². The Morgan fingerprint density at radius 2 is 1.87 bits per heavy atom. The first-order chi connectivity index (χ1) is 7.01. The zero-order valence-electron chi connectivity index (χ0n) is 8.91. The molecule has 0 spiro atoms. The fourth-order valence-corrected chi connectivity index (χ4v) is 1.06. The van der Waals surface area contributed by atoms with Crippen LogP contribution in [0.15, 0.2) is 24.3 Å². The summed E-state index contributed by atoms with van der Waals surface area (Å²) in [6, 6.07) is 9.33. The van der Waals surface area contributed by atoms with E-state index in [0.717, 1.165) is 5.56 Å². The molecule has 0 aliphatic rings. The van der Waals surface area contributed by atoms with Gasteiger partial charge in [-0.1, -0.05) is 24.0 Å². The van der Waals surface area contributed by atoms with Crippen molar-refractivity contribution in [2.45, 2.75) is 25.9 Å². The molecule has 0 unspecified atom stereocenters. The van der Waals surface area contributed by atoms with E-state index >= 15 is 0 Å². The zero-order valence-corrected chi connectivity index (χ0v) is 8.91. The number of rotatable bonds is 1. The van der Waals surface area contributed by atoms with Crippen molar-refractivity contribution in [1.82, 2.24) is 0 Å². The van der Waals surface area contributed by atoms with Crippen molar-refractivity contribution in [2.75, 3.05) is 0 Å². The smallest absolute Gasteiger partial charge is 0.119 e. The summed E-state index contributed by atoms with van der Waals surface area (Å²) >= 11 is 0. The summed E-state index contributed by atoms with van der Waals surface area (Å²) in [5.41, 5.74) is 0.756. The van der Waals surface area contributed by atoms with Crippen LogP contribution in [-0.4, -0.2) is 10.7 Å². The summed E-state index contributed by atoms with van der Waals surface area (Å²) in [5, 5.41) is 18.0. The van der Waals surface area contributed by atoms with Crippen LogP contribution >= 0.6 is 0 Å². The Balaban J connectivity index is 2.66. The number of hydrogen-bond acceptors (Lipinski definition) is 2. The molecule has 15 heavy (non-hydrogen) atoms. The molecule has 0 atom stereocenters. The Morgan fingerprint density at radius 3 is 2.33 bits per heavy atom. The van der Waals surface area contributed by atoms with E-state index in [4.69, 9.17) is 5.26 Å². The van der Waals surface area contributed by atoms with Crippen LogP contribution in [0.4, 0.5) is 0 Å². The van der Waals surface area contributed by atoms with Crippen LogP contribution in [0.5, 0.6) is 0 Å². The maximum Gasteiger partial charge on any atom is 0.119 e. The molecular formula is C13H13NO. The molecule has 1 rings (SSSR count). The van der Waals surface area contributed by atoms with Crippen molar-refractivity contribution < 1.29 is 5.11 Å². The van der Waals surface area contributed by atoms with Crippen LogP contribution < -0.4 is 0 Å². The largest absolute Gasteiger partial charge is 0.378 e. The average Bonchev–Trinajstić information content (AvgIpc) is 2.17. The van der Waals surface area contributed by atoms with Crippen molar-refractivity contribution in [2.24, 2.45) is 0 Å². The molecule has 1 aromatic rings. The van der Waals surface area contributed by atoms with Crippen molar-refractivity contribution in [3.05, 3.63) is 35.4 Å². The summed E-state index contributed by atoms with van der Waals surface area (Å²) in [4.78, 5) is 0. The molecule has 76 valence electrons. The third-order valence-electron chi connectivity index (χ3n) is 1.77. The zero-order chi connectivity index (χ0) is 11.3. The predicted molar refractivity (Wildman–Crippen MR) is 58.9 cm³/mol. The minimum Gasteiger partial charge on any atom is -0.378 e. The first kappa shape index (κ1) is 11.3. The van der Waals surface area contributed by atoms with Crippen LogP contribution in [0.25, 0.3) is 0 Å². The van der Waals surface area contributed by atoms with Crippen LogP contribution in [0.3, 0.4) is 0 Å². The molecule has 1 aromatic carbocycles. The lowest BCUT2D eigenvalue weighted by molar-refractivity contribution is 0.143. The summed E-state index contributed by atoms with van der Waals surface area (Å²) in [7, 11) is 0. The van der Waals surface area contributed by atoms with Crippen LogP contribution in [0.2, 0.25) is 0 Å². The maximum atomic E-state index is 9.36. The second kappa shape index (κ2) is 4.64. The minimum absolute atomic E-state index is 0.593. The molecule has 0 heterocycles. The van der Waals surface area contributed by atoms with E-state index in [1.54, 1.807) is 26.0 Å². The lowest BCUT2D eigenvalue weighted by Gasteiger charge is -2.05. The summed E-state index contributed by atoms with van der Waals surface area (Å²) in [6.45, 7) is 3.30. The molecule has 1 N–H and O–H groups in total. The highest BCUT2D eigenvalue weighted by atomic mass is 16.3. The third-order valence-corrected chi connectivity index (χ3v) is 1.77. The number of benzene rings is 1. The highest BCUT2D eigenvalue weighted by molar-refractivity contribution is 5.33. The average molecular weight is 199 g/mol. The molecule has 0 amide bonds. The third kappa shape index (κ3) is 4.31. The summed E-state index contributed by atoms with van der Waals surface area (Å²) in [5.74, 6) is 5.64. The van der Waals surface area contributed by atoms with Gasteiger partial charge in [-0.05, 0) is 31.5 Å². The highest BCUT2D eigenvalue weighted by Gasteiger charge is 2.05. The van der Waals surface area contributed by atoms with E-state index in [9.17, 15) is 5.11 Å². The molecule has 0 bridgehead atoms. The first-order valence-corrected chi connectivity index (χ1v) is 4.73. The minimum atomic E-state index is -0.938. The maximum absolute atomic E-state index is 9.36. The highest BCUT2D eigenvalue weighted by Crippen LogP contribution is 2.04. The molecule has 0 aliphatic heterocycles. The molecule has 0 saturated heterocycles.